The van der Waals surface area contributed by atoms with E-state index >= 15 is 0 Å². The predicted molar refractivity (Wildman–Crippen MR) is 112 cm³/mol. The molecule has 10 heteroatoms. The molecule has 0 bridgehead atoms. The molecule has 0 unspecified atom stereocenters. The first-order valence-corrected chi connectivity index (χ1v) is 9.35. The lowest BCUT2D eigenvalue weighted by Crippen LogP contribution is -2.31. The normalized spacial score (nSPS) is 10.7. The molecule has 170 valence electrons. The maximum Gasteiger partial charge on any atom is 0.387 e. The molecule has 8 nitrogen and oxygen atoms in total. The molecule has 0 atom stereocenters. The summed E-state index contributed by atoms with van der Waals surface area (Å²) in [6.45, 7) is -3.26. The van der Waals surface area contributed by atoms with Crippen molar-refractivity contribution < 1.29 is 37.4 Å². The molecule has 0 saturated carbocycles. The lowest BCUT2D eigenvalue weighted by atomic mass is 10.1. The fraction of sp³-hybridized carbons (Fsp3) is 0.227. The number of alkyl halides is 2. The molecule has 2 aromatic carbocycles. The third-order valence-electron chi connectivity index (χ3n) is 4.09. The van der Waals surface area contributed by atoms with E-state index in [1.54, 1.807) is 30.3 Å². The monoisotopic (exact) mass is 448 g/mol. The van der Waals surface area contributed by atoms with Gasteiger partial charge in [-0.1, -0.05) is 24.3 Å². The molecule has 2 amide bonds. The summed E-state index contributed by atoms with van der Waals surface area (Å²) in [6, 6.07) is 11.0. The van der Waals surface area contributed by atoms with Gasteiger partial charge in [-0.3, -0.25) is 14.4 Å². The second kappa shape index (κ2) is 12.0. The molecular formula is C22H22F2N2O6. The minimum absolute atomic E-state index is 0.0495. The molecule has 0 aromatic heterocycles. The zero-order chi connectivity index (χ0) is 23.5. The number of carbonyl (C=O) groups is 3. The van der Waals surface area contributed by atoms with E-state index in [-0.39, 0.29) is 35.9 Å². The summed E-state index contributed by atoms with van der Waals surface area (Å²) >= 11 is 0. The number of esters is 1. The number of amides is 2. The second-order valence-corrected chi connectivity index (χ2v) is 6.31. The van der Waals surface area contributed by atoms with Crippen LogP contribution in [0.1, 0.15) is 11.1 Å². The topological polar surface area (TPSA) is 103 Å². The third kappa shape index (κ3) is 7.71. The maximum atomic E-state index is 12.7. The highest BCUT2D eigenvalue weighted by atomic mass is 19.3. The predicted octanol–water partition coefficient (Wildman–Crippen LogP) is 2.78. The molecule has 0 aliphatic heterocycles. The van der Waals surface area contributed by atoms with Crippen molar-refractivity contribution in [2.75, 3.05) is 26.1 Å². The van der Waals surface area contributed by atoms with Crippen molar-refractivity contribution in [1.82, 2.24) is 5.32 Å². The van der Waals surface area contributed by atoms with E-state index in [2.05, 4.69) is 20.1 Å². The van der Waals surface area contributed by atoms with Crippen LogP contribution in [0.25, 0.3) is 6.08 Å². The van der Waals surface area contributed by atoms with Crippen LogP contribution in [0, 0.1) is 0 Å². The molecule has 2 rings (SSSR count). The van der Waals surface area contributed by atoms with Crippen molar-refractivity contribution in [3.8, 4) is 11.5 Å². The SMILES string of the molecule is COC(=O)CNC(=O)Cc1ccc(NC(=O)/C=C/c2cccc(OC)c2OC(F)F)cc1. The highest BCUT2D eigenvalue weighted by Gasteiger charge is 2.14. The summed E-state index contributed by atoms with van der Waals surface area (Å²) in [5.41, 5.74) is 1.38. The highest BCUT2D eigenvalue weighted by molar-refractivity contribution is 6.02. The van der Waals surface area contributed by atoms with Crippen molar-refractivity contribution >= 4 is 29.5 Å². The fourth-order valence-electron chi connectivity index (χ4n) is 2.59. The Morgan fingerprint density at radius 1 is 1.06 bits per heavy atom. The van der Waals surface area contributed by atoms with E-state index in [4.69, 9.17) is 4.74 Å². The van der Waals surface area contributed by atoms with Gasteiger partial charge in [-0.05, 0) is 29.8 Å². The van der Waals surface area contributed by atoms with E-state index < -0.39 is 18.5 Å². The molecule has 0 aliphatic rings. The Morgan fingerprint density at radius 2 is 1.78 bits per heavy atom. The number of hydrogen-bond donors (Lipinski definition) is 2. The van der Waals surface area contributed by atoms with Gasteiger partial charge in [0.05, 0.1) is 20.6 Å². The van der Waals surface area contributed by atoms with E-state index in [1.165, 1.54) is 38.5 Å². The Hall–Kier alpha value is -3.95. The van der Waals surface area contributed by atoms with E-state index in [1.807, 2.05) is 0 Å². The number of nitrogens with one attached hydrogen (secondary N) is 2. The van der Waals surface area contributed by atoms with Crippen LogP contribution in [0.15, 0.2) is 48.5 Å². The van der Waals surface area contributed by atoms with Crippen LogP contribution in [-0.2, 0) is 25.5 Å². The Bertz CT molecular complexity index is 977. The number of carbonyl (C=O) groups excluding carboxylic acids is 3. The van der Waals surface area contributed by atoms with Crippen molar-refractivity contribution in [3.05, 3.63) is 59.7 Å². The first-order chi connectivity index (χ1) is 15.3. The van der Waals surface area contributed by atoms with Crippen molar-refractivity contribution in [1.29, 1.82) is 0 Å². The number of halogens is 2. The Kier molecular flexibility index (Phi) is 9.15. The van der Waals surface area contributed by atoms with E-state index in [9.17, 15) is 23.2 Å². The number of rotatable bonds is 10. The largest absolute Gasteiger partial charge is 0.493 e. The van der Waals surface area contributed by atoms with E-state index in [0.29, 0.717) is 11.3 Å². The van der Waals surface area contributed by atoms with Gasteiger partial charge >= 0.3 is 12.6 Å². The van der Waals surface area contributed by atoms with Crippen LogP contribution in [-0.4, -0.2) is 45.2 Å². The van der Waals surface area contributed by atoms with Crippen LogP contribution >= 0.6 is 0 Å². The minimum atomic E-state index is -3.05. The summed E-state index contributed by atoms with van der Waals surface area (Å²) in [7, 11) is 2.55. The van der Waals surface area contributed by atoms with Crippen molar-refractivity contribution in [2.24, 2.45) is 0 Å². The van der Waals surface area contributed by atoms with Gasteiger partial charge in [-0.2, -0.15) is 8.78 Å². The van der Waals surface area contributed by atoms with Crippen LogP contribution < -0.4 is 20.1 Å². The summed E-state index contributed by atoms with van der Waals surface area (Å²) < 4.78 is 39.3. The Balaban J connectivity index is 1.97. The van der Waals surface area contributed by atoms with Gasteiger partial charge in [-0.25, -0.2) is 0 Å². The molecule has 0 fully saturated rings. The van der Waals surface area contributed by atoms with Crippen LogP contribution in [0.5, 0.6) is 11.5 Å². The van der Waals surface area contributed by atoms with E-state index in [0.717, 1.165) is 0 Å². The number of para-hydroxylation sites is 1. The molecule has 0 aliphatic carbocycles. The molecule has 2 N–H and O–H groups in total. The number of benzene rings is 2. The third-order valence-corrected chi connectivity index (χ3v) is 4.09. The van der Waals surface area contributed by atoms with Gasteiger partial charge in [0.25, 0.3) is 0 Å². The lowest BCUT2D eigenvalue weighted by molar-refractivity contribution is -0.141. The molecule has 0 radical (unpaired) electrons. The molecule has 0 saturated heterocycles. The molecule has 0 heterocycles. The number of anilines is 1. The summed E-state index contributed by atoms with van der Waals surface area (Å²) in [4.78, 5) is 35.0. The number of ether oxygens (including phenoxy) is 3. The second-order valence-electron chi connectivity index (χ2n) is 6.31. The minimum Gasteiger partial charge on any atom is -0.493 e. The van der Waals surface area contributed by atoms with Gasteiger partial charge in [0.2, 0.25) is 11.8 Å². The van der Waals surface area contributed by atoms with Gasteiger partial charge in [-0.15, -0.1) is 0 Å². The molecule has 2 aromatic rings. The smallest absolute Gasteiger partial charge is 0.387 e. The zero-order valence-electron chi connectivity index (χ0n) is 17.4. The Morgan fingerprint density at radius 3 is 2.41 bits per heavy atom. The fourth-order valence-corrected chi connectivity index (χ4v) is 2.59. The first-order valence-electron chi connectivity index (χ1n) is 9.35. The van der Waals surface area contributed by atoms with Gasteiger partial charge < -0.3 is 24.8 Å². The number of methoxy groups -OCH3 is 2. The molecule has 32 heavy (non-hydrogen) atoms. The maximum absolute atomic E-state index is 12.7. The first kappa shape index (κ1) is 24.3. The summed E-state index contributed by atoms with van der Waals surface area (Å²) in [5.74, 6) is -1.47. The average Bonchev–Trinajstić information content (AvgIpc) is 2.77. The van der Waals surface area contributed by atoms with Gasteiger partial charge in [0.1, 0.15) is 6.54 Å². The molecular weight excluding hydrogens is 426 g/mol. The van der Waals surface area contributed by atoms with Crippen molar-refractivity contribution in [2.45, 2.75) is 13.0 Å². The van der Waals surface area contributed by atoms with Crippen molar-refractivity contribution in [3.63, 3.8) is 0 Å². The zero-order valence-corrected chi connectivity index (χ0v) is 17.4. The standard InChI is InChI=1S/C22H22F2N2O6/c1-30-17-5-3-4-15(21(17)32-22(23)24)8-11-18(27)26-16-9-6-14(7-10-16)12-19(28)25-13-20(29)31-2/h3-11,22H,12-13H2,1-2H3,(H,25,28)(H,26,27)/b11-8+. The summed E-state index contributed by atoms with van der Waals surface area (Å²) in [5, 5.41) is 5.05. The number of hydrogen-bond acceptors (Lipinski definition) is 6. The molecule has 0 spiro atoms. The summed E-state index contributed by atoms with van der Waals surface area (Å²) in [6.07, 6.45) is 2.55. The van der Waals surface area contributed by atoms with Gasteiger partial charge in [0, 0.05) is 17.3 Å². The van der Waals surface area contributed by atoms with Crippen LogP contribution in [0.3, 0.4) is 0 Å². The average molecular weight is 448 g/mol. The Labute approximate surface area is 183 Å². The van der Waals surface area contributed by atoms with Crippen LogP contribution in [0.4, 0.5) is 14.5 Å². The quantitative estimate of drug-likeness (QED) is 0.428. The van der Waals surface area contributed by atoms with Gasteiger partial charge in [0.15, 0.2) is 11.5 Å². The highest BCUT2D eigenvalue weighted by Crippen LogP contribution is 2.33. The lowest BCUT2D eigenvalue weighted by Gasteiger charge is -2.12. The van der Waals surface area contributed by atoms with Crippen LogP contribution in [0.2, 0.25) is 0 Å².